The average Bonchev–Trinajstić information content (AvgIpc) is 2.37. The van der Waals surface area contributed by atoms with E-state index in [1.165, 1.54) is 5.56 Å². The van der Waals surface area contributed by atoms with Crippen molar-refractivity contribution in [2.24, 2.45) is 0 Å². The van der Waals surface area contributed by atoms with Gasteiger partial charge >= 0.3 is 5.97 Å². The number of carbonyl (C=O) groups excluding carboxylic acids is 1. The summed E-state index contributed by atoms with van der Waals surface area (Å²) in [5.74, 6) is 0.582. The first-order valence-electron chi connectivity index (χ1n) is 6.13. The number of ether oxygens (including phenoxy) is 2. The van der Waals surface area contributed by atoms with E-state index in [0.29, 0.717) is 17.1 Å². The normalized spacial score (nSPS) is 9.94. The van der Waals surface area contributed by atoms with Gasteiger partial charge in [-0.25, -0.2) is 4.79 Å². The lowest BCUT2D eigenvalue weighted by atomic mass is 10.1. The molecule has 0 aliphatic carbocycles. The summed E-state index contributed by atoms with van der Waals surface area (Å²) < 4.78 is 10.4. The van der Waals surface area contributed by atoms with E-state index in [4.69, 9.17) is 9.47 Å². The van der Waals surface area contributed by atoms with Crippen molar-refractivity contribution >= 4 is 5.97 Å². The highest BCUT2D eigenvalue weighted by Crippen LogP contribution is 2.29. The number of unbranched alkanes of at least 4 members (excludes halogenated alkanes) is 1. The molecule has 18 heavy (non-hydrogen) atoms. The van der Waals surface area contributed by atoms with Crippen LogP contribution in [0.3, 0.4) is 0 Å². The average molecular weight is 248 g/mol. The second-order valence-corrected chi connectivity index (χ2v) is 4.26. The smallest absolute Gasteiger partial charge is 0.338 e. The molecule has 1 aromatic carbocycles. The van der Waals surface area contributed by atoms with Crippen LogP contribution in [0.5, 0.6) is 11.5 Å². The summed E-state index contributed by atoms with van der Waals surface area (Å²) in [6.45, 7) is 7.32. The molecule has 0 radical (unpaired) electrons. The zero-order chi connectivity index (χ0) is 13.5. The molecule has 0 saturated heterocycles. The molecule has 0 aliphatic heterocycles. The second kappa shape index (κ2) is 6.84. The van der Waals surface area contributed by atoms with Crippen LogP contribution in [-0.4, -0.2) is 13.1 Å². The monoisotopic (exact) mass is 248 g/mol. The van der Waals surface area contributed by atoms with Gasteiger partial charge < -0.3 is 9.47 Å². The van der Waals surface area contributed by atoms with E-state index < -0.39 is 5.97 Å². The summed E-state index contributed by atoms with van der Waals surface area (Å²) in [7, 11) is 1.57. The van der Waals surface area contributed by atoms with E-state index in [-0.39, 0.29) is 0 Å². The van der Waals surface area contributed by atoms with Gasteiger partial charge in [0.05, 0.1) is 7.11 Å². The Balaban J connectivity index is 2.86. The van der Waals surface area contributed by atoms with Gasteiger partial charge in [-0.2, -0.15) is 0 Å². The summed E-state index contributed by atoms with van der Waals surface area (Å²) in [5.41, 5.74) is 1.55. The first-order chi connectivity index (χ1) is 8.58. The summed E-state index contributed by atoms with van der Waals surface area (Å²) in [4.78, 5) is 11.5. The molecular formula is C15H20O3. The Morgan fingerprint density at radius 2 is 2.06 bits per heavy atom. The molecule has 1 rings (SSSR count). The molecule has 3 nitrogen and oxygen atoms in total. The number of esters is 1. The van der Waals surface area contributed by atoms with Gasteiger partial charge in [0.1, 0.15) is 0 Å². The number of carbonyl (C=O) groups is 1. The molecule has 0 saturated carbocycles. The maximum absolute atomic E-state index is 11.5. The van der Waals surface area contributed by atoms with Gasteiger partial charge in [-0.05, 0) is 37.5 Å². The summed E-state index contributed by atoms with van der Waals surface area (Å²) >= 11 is 0. The van der Waals surface area contributed by atoms with Gasteiger partial charge in [0.2, 0.25) is 0 Å². The van der Waals surface area contributed by atoms with Crippen molar-refractivity contribution in [1.82, 2.24) is 0 Å². The third-order valence-corrected chi connectivity index (χ3v) is 2.60. The molecule has 0 spiro atoms. The Morgan fingerprint density at radius 1 is 1.33 bits per heavy atom. The molecule has 0 aliphatic rings. The van der Waals surface area contributed by atoms with Crippen LogP contribution in [0, 0.1) is 0 Å². The highest BCUT2D eigenvalue weighted by Gasteiger charge is 2.11. The Morgan fingerprint density at radius 3 is 2.61 bits per heavy atom. The third kappa shape index (κ3) is 3.91. The van der Waals surface area contributed by atoms with Gasteiger partial charge in [-0.15, -0.1) is 0 Å². The van der Waals surface area contributed by atoms with E-state index >= 15 is 0 Å². The molecule has 0 unspecified atom stereocenters. The van der Waals surface area contributed by atoms with E-state index in [9.17, 15) is 4.79 Å². The van der Waals surface area contributed by atoms with Crippen molar-refractivity contribution in [1.29, 1.82) is 0 Å². The Hall–Kier alpha value is -1.77. The zero-order valence-electron chi connectivity index (χ0n) is 11.3. The van der Waals surface area contributed by atoms with Crippen molar-refractivity contribution in [3.63, 3.8) is 0 Å². The lowest BCUT2D eigenvalue weighted by Crippen LogP contribution is -2.09. The topological polar surface area (TPSA) is 35.5 Å². The first-order valence-corrected chi connectivity index (χ1v) is 6.13. The Bertz CT molecular complexity index is 435. The molecule has 1 aromatic rings. The van der Waals surface area contributed by atoms with Crippen LogP contribution in [0.4, 0.5) is 0 Å². The molecule has 0 heterocycles. The number of benzene rings is 1. The number of methoxy groups -OCH3 is 1. The molecule has 0 fully saturated rings. The fourth-order valence-corrected chi connectivity index (χ4v) is 1.52. The summed E-state index contributed by atoms with van der Waals surface area (Å²) in [5, 5.41) is 0. The van der Waals surface area contributed by atoms with Crippen molar-refractivity contribution in [3.8, 4) is 11.5 Å². The van der Waals surface area contributed by atoms with Crippen LogP contribution in [0.1, 0.15) is 32.3 Å². The predicted molar refractivity (Wildman–Crippen MR) is 72.1 cm³/mol. The van der Waals surface area contributed by atoms with Gasteiger partial charge in [-0.3, -0.25) is 0 Å². The van der Waals surface area contributed by atoms with Gasteiger partial charge in [-0.1, -0.05) is 26.0 Å². The highest BCUT2D eigenvalue weighted by molar-refractivity contribution is 5.89. The molecule has 0 bridgehead atoms. The van der Waals surface area contributed by atoms with Crippen molar-refractivity contribution < 1.29 is 14.3 Å². The van der Waals surface area contributed by atoms with Crippen LogP contribution in [-0.2, 0) is 11.2 Å². The SMILES string of the molecule is C=C(C)C(=O)Oc1ccc(CCCC)cc1OC. The van der Waals surface area contributed by atoms with E-state index in [1.807, 2.05) is 12.1 Å². The maximum atomic E-state index is 11.5. The largest absolute Gasteiger partial charge is 0.493 e. The first kappa shape index (κ1) is 14.3. The van der Waals surface area contributed by atoms with Crippen molar-refractivity contribution in [2.45, 2.75) is 33.1 Å². The maximum Gasteiger partial charge on any atom is 0.338 e. The molecule has 98 valence electrons. The highest BCUT2D eigenvalue weighted by atomic mass is 16.6. The second-order valence-electron chi connectivity index (χ2n) is 4.26. The van der Waals surface area contributed by atoms with Crippen LogP contribution < -0.4 is 9.47 Å². The Labute approximate surface area is 108 Å². The van der Waals surface area contributed by atoms with Gasteiger partial charge in [0, 0.05) is 5.57 Å². The molecular weight excluding hydrogens is 228 g/mol. The number of hydrogen-bond donors (Lipinski definition) is 0. The quantitative estimate of drug-likeness (QED) is 0.439. The molecule has 0 amide bonds. The van der Waals surface area contributed by atoms with Gasteiger partial charge in [0.15, 0.2) is 11.5 Å². The standard InChI is InChI=1S/C15H20O3/c1-5-6-7-12-8-9-13(14(10-12)17-4)18-15(16)11(2)3/h8-10H,2,5-7H2,1,3-4H3. The predicted octanol–water partition coefficient (Wildman–Crippen LogP) is 3.52. The van der Waals surface area contributed by atoms with E-state index in [2.05, 4.69) is 13.5 Å². The van der Waals surface area contributed by atoms with Crippen molar-refractivity contribution in [2.75, 3.05) is 7.11 Å². The minimum Gasteiger partial charge on any atom is -0.493 e. The fourth-order valence-electron chi connectivity index (χ4n) is 1.52. The molecule has 0 N–H and O–H groups in total. The van der Waals surface area contributed by atoms with Crippen LogP contribution in [0.15, 0.2) is 30.4 Å². The summed E-state index contributed by atoms with van der Waals surface area (Å²) in [6, 6.07) is 5.64. The lowest BCUT2D eigenvalue weighted by Gasteiger charge is -2.10. The lowest BCUT2D eigenvalue weighted by molar-refractivity contribution is -0.130. The molecule has 3 heteroatoms. The van der Waals surface area contributed by atoms with E-state index in [0.717, 1.165) is 19.3 Å². The summed E-state index contributed by atoms with van der Waals surface area (Å²) in [6.07, 6.45) is 3.28. The minimum atomic E-state index is -0.436. The number of aryl methyl sites for hydroxylation is 1. The molecule has 0 aromatic heterocycles. The third-order valence-electron chi connectivity index (χ3n) is 2.60. The van der Waals surface area contributed by atoms with Crippen LogP contribution >= 0.6 is 0 Å². The van der Waals surface area contributed by atoms with Crippen LogP contribution in [0.2, 0.25) is 0 Å². The van der Waals surface area contributed by atoms with E-state index in [1.54, 1.807) is 20.1 Å². The molecule has 0 atom stereocenters. The fraction of sp³-hybridized carbons (Fsp3) is 0.400. The minimum absolute atomic E-state index is 0.368. The Kier molecular flexibility index (Phi) is 5.43. The van der Waals surface area contributed by atoms with Crippen LogP contribution in [0.25, 0.3) is 0 Å². The zero-order valence-corrected chi connectivity index (χ0v) is 11.3. The number of rotatable bonds is 6. The van der Waals surface area contributed by atoms with Gasteiger partial charge in [0.25, 0.3) is 0 Å². The van der Waals surface area contributed by atoms with Crippen molar-refractivity contribution in [3.05, 3.63) is 35.9 Å². The number of hydrogen-bond acceptors (Lipinski definition) is 3.